The molecule has 6 rings (SSSR count). The van der Waals surface area contributed by atoms with Crippen LogP contribution < -0.4 is 0 Å². The number of nitrogens with one attached hydrogen (secondary N) is 1. The van der Waals surface area contributed by atoms with E-state index in [9.17, 15) is 8.42 Å². The molecule has 0 spiro atoms. The normalized spacial score (nSPS) is 25.6. The highest BCUT2D eigenvalue weighted by Crippen LogP contribution is 2.40. The van der Waals surface area contributed by atoms with Crippen molar-refractivity contribution in [3.05, 3.63) is 47.8 Å². The lowest BCUT2D eigenvalue weighted by molar-refractivity contribution is 0.0403. The Balaban J connectivity index is 1.13. The molecule has 4 heterocycles. The molecule has 3 saturated heterocycles. The van der Waals surface area contributed by atoms with Crippen LogP contribution >= 0.6 is 0 Å². The van der Waals surface area contributed by atoms with Gasteiger partial charge in [-0.2, -0.15) is 0 Å². The molecule has 1 N–H and O–H groups in total. The molecule has 0 radical (unpaired) electrons. The minimum absolute atomic E-state index is 0.255. The molecular weight excluding hydrogens is 499 g/mol. The third kappa shape index (κ3) is 5.03. The van der Waals surface area contributed by atoms with Gasteiger partial charge in [-0.3, -0.25) is 4.90 Å². The highest BCUT2D eigenvalue weighted by molar-refractivity contribution is 7.90. The Hall–Kier alpha value is -2.29. The minimum atomic E-state index is -3.27. The van der Waals surface area contributed by atoms with Crippen molar-refractivity contribution in [3.63, 3.8) is 0 Å². The SMILES string of the molecule is CC(C)CN1C2CCC1CC(N1CCC(c3cc(F)c4nc(-c5ccc(S(C)(=O)=O)cc5)[nH]c4c3)CC1)C2. The van der Waals surface area contributed by atoms with Gasteiger partial charge in [0.1, 0.15) is 11.3 Å². The molecule has 8 heteroatoms. The zero-order valence-corrected chi connectivity index (χ0v) is 23.5. The molecule has 3 fully saturated rings. The predicted molar refractivity (Wildman–Crippen MR) is 150 cm³/mol. The highest BCUT2D eigenvalue weighted by atomic mass is 32.2. The number of piperidine rings is 2. The number of likely N-dealkylation sites (tertiary alicyclic amines) is 1. The van der Waals surface area contributed by atoms with E-state index in [1.807, 2.05) is 0 Å². The summed E-state index contributed by atoms with van der Waals surface area (Å²) in [4.78, 5) is 13.5. The predicted octanol–water partition coefficient (Wildman–Crippen LogP) is 5.60. The van der Waals surface area contributed by atoms with Crippen molar-refractivity contribution in [1.82, 2.24) is 19.8 Å². The Labute approximate surface area is 225 Å². The van der Waals surface area contributed by atoms with Crippen LogP contribution in [0.15, 0.2) is 41.3 Å². The first kappa shape index (κ1) is 26.0. The second-order valence-electron chi connectivity index (χ2n) is 12.2. The zero-order chi connectivity index (χ0) is 26.6. The lowest BCUT2D eigenvalue weighted by Gasteiger charge is -2.46. The average molecular weight is 539 g/mol. The third-order valence-corrected chi connectivity index (χ3v) is 10.2. The third-order valence-electron chi connectivity index (χ3n) is 9.07. The number of imidazole rings is 1. The van der Waals surface area contributed by atoms with Gasteiger partial charge in [-0.1, -0.05) is 13.8 Å². The maximum atomic E-state index is 15.2. The lowest BCUT2D eigenvalue weighted by Crippen LogP contribution is -2.52. The summed E-state index contributed by atoms with van der Waals surface area (Å²) in [6, 6.07) is 12.5. The summed E-state index contributed by atoms with van der Waals surface area (Å²) in [7, 11) is -3.27. The molecule has 0 saturated carbocycles. The van der Waals surface area contributed by atoms with E-state index in [1.165, 1.54) is 38.5 Å². The van der Waals surface area contributed by atoms with Gasteiger partial charge < -0.3 is 9.88 Å². The fourth-order valence-corrected chi connectivity index (χ4v) is 7.82. The van der Waals surface area contributed by atoms with Crippen molar-refractivity contribution < 1.29 is 12.8 Å². The van der Waals surface area contributed by atoms with Crippen LogP contribution in [-0.2, 0) is 9.84 Å². The smallest absolute Gasteiger partial charge is 0.175 e. The van der Waals surface area contributed by atoms with E-state index < -0.39 is 9.84 Å². The molecule has 0 amide bonds. The summed E-state index contributed by atoms with van der Waals surface area (Å²) in [5.74, 6) is 1.33. The molecule has 2 unspecified atom stereocenters. The summed E-state index contributed by atoms with van der Waals surface area (Å²) in [5, 5.41) is 0. The van der Waals surface area contributed by atoms with Crippen LogP contribution in [0.25, 0.3) is 22.4 Å². The minimum Gasteiger partial charge on any atom is -0.338 e. The average Bonchev–Trinajstić information content (AvgIpc) is 3.40. The lowest BCUT2D eigenvalue weighted by atomic mass is 9.86. The van der Waals surface area contributed by atoms with Crippen LogP contribution in [-0.4, -0.2) is 72.2 Å². The van der Waals surface area contributed by atoms with Gasteiger partial charge >= 0.3 is 0 Å². The van der Waals surface area contributed by atoms with Gasteiger partial charge in [0.05, 0.1) is 10.4 Å². The van der Waals surface area contributed by atoms with Gasteiger partial charge in [-0.25, -0.2) is 17.8 Å². The molecule has 204 valence electrons. The molecule has 0 aliphatic carbocycles. The van der Waals surface area contributed by atoms with Gasteiger partial charge in [-0.05, 0) is 105 Å². The van der Waals surface area contributed by atoms with Gasteiger partial charge in [0.2, 0.25) is 0 Å². The van der Waals surface area contributed by atoms with Crippen molar-refractivity contribution in [1.29, 1.82) is 0 Å². The highest BCUT2D eigenvalue weighted by Gasteiger charge is 2.42. The molecule has 3 aliphatic rings. The monoisotopic (exact) mass is 538 g/mol. The van der Waals surface area contributed by atoms with E-state index in [0.717, 1.165) is 55.1 Å². The fraction of sp³-hybridized carbons (Fsp3) is 0.567. The van der Waals surface area contributed by atoms with E-state index >= 15 is 4.39 Å². The molecule has 1 aromatic heterocycles. The first-order valence-electron chi connectivity index (χ1n) is 14.1. The maximum Gasteiger partial charge on any atom is 0.175 e. The second-order valence-corrected chi connectivity index (χ2v) is 14.2. The van der Waals surface area contributed by atoms with Crippen LogP contribution in [0.3, 0.4) is 0 Å². The van der Waals surface area contributed by atoms with Crippen LogP contribution in [0.1, 0.15) is 63.9 Å². The van der Waals surface area contributed by atoms with Crippen molar-refractivity contribution >= 4 is 20.9 Å². The zero-order valence-electron chi connectivity index (χ0n) is 22.7. The first-order chi connectivity index (χ1) is 18.2. The Morgan fingerprint density at radius 1 is 1.00 bits per heavy atom. The van der Waals surface area contributed by atoms with E-state index in [4.69, 9.17) is 0 Å². The van der Waals surface area contributed by atoms with Crippen LogP contribution in [0, 0.1) is 11.7 Å². The number of H-pyrrole nitrogens is 1. The molecular formula is C30H39FN4O2S. The van der Waals surface area contributed by atoms with Gasteiger partial charge in [0.15, 0.2) is 15.7 Å². The number of hydrogen-bond donors (Lipinski definition) is 1. The number of sulfone groups is 1. The number of hydrogen-bond acceptors (Lipinski definition) is 5. The summed E-state index contributed by atoms with van der Waals surface area (Å²) >= 11 is 0. The van der Waals surface area contributed by atoms with Crippen molar-refractivity contribution in [2.24, 2.45) is 5.92 Å². The van der Waals surface area contributed by atoms with Gasteiger partial charge in [0, 0.05) is 36.5 Å². The summed E-state index contributed by atoms with van der Waals surface area (Å²) in [5.41, 5.74) is 2.80. The Morgan fingerprint density at radius 2 is 1.66 bits per heavy atom. The van der Waals surface area contributed by atoms with Crippen molar-refractivity contribution in [3.8, 4) is 11.4 Å². The standard InChI is InChI=1S/C30H39FN4O2S/c1-19(2)18-35-23-6-7-24(35)17-25(16-23)34-12-10-20(11-13-34)22-14-27(31)29-28(15-22)32-30(33-29)21-4-8-26(9-5-21)38(3,36)37/h4-5,8-9,14-15,19-20,23-25H,6-7,10-13,16-18H2,1-3H3,(H,32,33). The van der Waals surface area contributed by atoms with Crippen LogP contribution in [0.5, 0.6) is 0 Å². The number of aromatic nitrogens is 2. The Kier molecular flexibility index (Phi) is 6.85. The summed E-state index contributed by atoms with van der Waals surface area (Å²) < 4.78 is 38.7. The molecule has 38 heavy (non-hydrogen) atoms. The van der Waals surface area contributed by atoms with Gasteiger partial charge in [-0.15, -0.1) is 0 Å². The number of nitrogens with zero attached hydrogens (tertiary/aromatic N) is 3. The van der Waals surface area contributed by atoms with Gasteiger partial charge in [0.25, 0.3) is 0 Å². The number of benzene rings is 2. The molecule has 3 aromatic rings. The van der Waals surface area contributed by atoms with Crippen molar-refractivity contribution in [2.75, 3.05) is 25.9 Å². The second kappa shape index (κ2) is 10.0. The Morgan fingerprint density at radius 3 is 2.26 bits per heavy atom. The number of halogens is 1. The molecule has 2 aromatic carbocycles. The summed E-state index contributed by atoms with van der Waals surface area (Å²) in [6.45, 7) is 8.07. The Bertz CT molecular complexity index is 1400. The first-order valence-corrected chi connectivity index (χ1v) is 16.0. The topological polar surface area (TPSA) is 69.3 Å². The van der Waals surface area contributed by atoms with Crippen molar-refractivity contribution in [2.45, 2.75) is 81.3 Å². The van der Waals surface area contributed by atoms with E-state index in [-0.39, 0.29) is 10.7 Å². The van der Waals surface area contributed by atoms with E-state index in [1.54, 1.807) is 30.3 Å². The number of fused-ring (bicyclic) bond motifs is 3. The van der Waals surface area contributed by atoms with E-state index in [2.05, 4.69) is 39.7 Å². The molecule has 6 nitrogen and oxygen atoms in total. The van der Waals surface area contributed by atoms with Crippen LogP contribution in [0.2, 0.25) is 0 Å². The molecule has 2 bridgehead atoms. The quantitative estimate of drug-likeness (QED) is 0.442. The summed E-state index contributed by atoms with van der Waals surface area (Å²) in [6.07, 6.45) is 8.62. The number of aromatic amines is 1. The fourth-order valence-electron chi connectivity index (χ4n) is 7.19. The number of rotatable bonds is 6. The molecule has 2 atom stereocenters. The van der Waals surface area contributed by atoms with E-state index in [0.29, 0.717) is 28.8 Å². The maximum absolute atomic E-state index is 15.2. The van der Waals surface area contributed by atoms with Crippen LogP contribution in [0.4, 0.5) is 4.39 Å². The molecule has 3 aliphatic heterocycles. The largest absolute Gasteiger partial charge is 0.338 e.